The highest BCUT2D eigenvalue weighted by Crippen LogP contribution is 2.36. The van der Waals surface area contributed by atoms with Gasteiger partial charge in [0.1, 0.15) is 5.52 Å². The Morgan fingerprint density at radius 3 is 2.38 bits per heavy atom. The Morgan fingerprint density at radius 1 is 1.00 bits per heavy atom. The van der Waals surface area contributed by atoms with Gasteiger partial charge in [0.25, 0.3) is 0 Å². The first-order valence-corrected chi connectivity index (χ1v) is 7.70. The molecule has 0 aliphatic heterocycles. The predicted molar refractivity (Wildman–Crippen MR) is 95.8 cm³/mol. The van der Waals surface area contributed by atoms with Gasteiger partial charge in [0.15, 0.2) is 5.75 Å². The monoisotopic (exact) mass is 359 g/mol. The molecule has 2 N–H and O–H groups in total. The third-order valence-electron chi connectivity index (χ3n) is 3.48. The molecule has 0 saturated carbocycles. The standard InChI is InChI=1S/C18H11Cl2NO3/c19-14-9-15(20)17(22)16-13(14)8-7-12(21-16)6-3-10-1-4-11(5-2-10)18(23)24/h1-9,22H,(H,23,24). The first kappa shape index (κ1) is 16.3. The summed E-state index contributed by atoms with van der Waals surface area (Å²) < 4.78 is 0. The Kier molecular flexibility index (Phi) is 4.42. The number of rotatable bonds is 3. The summed E-state index contributed by atoms with van der Waals surface area (Å²) >= 11 is 12.0. The molecule has 0 atom stereocenters. The zero-order valence-electron chi connectivity index (χ0n) is 12.2. The van der Waals surface area contributed by atoms with Gasteiger partial charge < -0.3 is 10.2 Å². The van der Waals surface area contributed by atoms with E-state index in [9.17, 15) is 9.90 Å². The summed E-state index contributed by atoms with van der Waals surface area (Å²) in [7, 11) is 0. The molecule has 0 unspecified atom stereocenters. The molecule has 0 aliphatic carbocycles. The molecular formula is C18H11Cl2NO3. The number of aromatic nitrogens is 1. The summed E-state index contributed by atoms with van der Waals surface area (Å²) in [5.41, 5.74) is 2.00. The second kappa shape index (κ2) is 6.51. The molecule has 0 amide bonds. The van der Waals surface area contributed by atoms with Gasteiger partial charge in [-0.15, -0.1) is 0 Å². The molecule has 120 valence electrons. The van der Waals surface area contributed by atoms with Gasteiger partial charge in [-0.3, -0.25) is 0 Å². The first-order valence-electron chi connectivity index (χ1n) is 6.95. The highest BCUT2D eigenvalue weighted by Gasteiger charge is 2.10. The maximum absolute atomic E-state index is 10.8. The van der Waals surface area contributed by atoms with Crippen LogP contribution in [0.2, 0.25) is 10.0 Å². The SMILES string of the molecule is O=C(O)c1ccc(C=Cc2ccc3c(Cl)cc(Cl)c(O)c3n2)cc1. The maximum Gasteiger partial charge on any atom is 0.335 e. The molecule has 0 bridgehead atoms. The van der Waals surface area contributed by atoms with Crippen LogP contribution in [0.15, 0.2) is 42.5 Å². The molecule has 2 aromatic carbocycles. The summed E-state index contributed by atoms with van der Waals surface area (Å²) in [6, 6.07) is 11.5. The van der Waals surface area contributed by atoms with Crippen molar-refractivity contribution in [2.75, 3.05) is 0 Å². The van der Waals surface area contributed by atoms with E-state index in [1.807, 2.05) is 0 Å². The van der Waals surface area contributed by atoms with Crippen molar-refractivity contribution in [1.82, 2.24) is 4.98 Å². The minimum absolute atomic E-state index is 0.114. The molecular weight excluding hydrogens is 349 g/mol. The number of aromatic carboxylic acids is 1. The third-order valence-corrected chi connectivity index (χ3v) is 4.08. The molecule has 0 radical (unpaired) electrons. The van der Waals surface area contributed by atoms with Crippen molar-refractivity contribution in [3.63, 3.8) is 0 Å². The molecule has 1 heterocycles. The summed E-state index contributed by atoms with van der Waals surface area (Å²) in [6.45, 7) is 0. The molecule has 1 aromatic heterocycles. The fraction of sp³-hybridized carbons (Fsp3) is 0. The molecule has 24 heavy (non-hydrogen) atoms. The van der Waals surface area contributed by atoms with E-state index in [1.54, 1.807) is 36.4 Å². The second-order valence-electron chi connectivity index (χ2n) is 5.08. The normalized spacial score (nSPS) is 11.2. The van der Waals surface area contributed by atoms with E-state index in [2.05, 4.69) is 4.98 Å². The van der Waals surface area contributed by atoms with Crippen LogP contribution >= 0.6 is 23.2 Å². The highest BCUT2D eigenvalue weighted by atomic mass is 35.5. The summed E-state index contributed by atoms with van der Waals surface area (Å²) in [4.78, 5) is 15.2. The molecule has 3 aromatic rings. The fourth-order valence-electron chi connectivity index (χ4n) is 2.23. The Labute approximate surface area is 147 Å². The number of carboxylic acids is 1. The van der Waals surface area contributed by atoms with Gasteiger partial charge in [0, 0.05) is 5.39 Å². The number of phenolic OH excluding ortho intramolecular Hbond substituents is 1. The van der Waals surface area contributed by atoms with E-state index in [4.69, 9.17) is 28.3 Å². The highest BCUT2D eigenvalue weighted by molar-refractivity contribution is 6.39. The number of hydrogen-bond donors (Lipinski definition) is 2. The van der Waals surface area contributed by atoms with Crippen LogP contribution in [-0.2, 0) is 0 Å². The lowest BCUT2D eigenvalue weighted by molar-refractivity contribution is 0.0697. The number of fused-ring (bicyclic) bond motifs is 1. The van der Waals surface area contributed by atoms with Crippen molar-refractivity contribution in [2.45, 2.75) is 0 Å². The molecule has 4 nitrogen and oxygen atoms in total. The molecule has 0 aliphatic rings. The Morgan fingerprint density at radius 2 is 1.71 bits per heavy atom. The van der Waals surface area contributed by atoms with Gasteiger partial charge in [-0.25, -0.2) is 9.78 Å². The van der Waals surface area contributed by atoms with Crippen molar-refractivity contribution >= 4 is 52.2 Å². The second-order valence-corrected chi connectivity index (χ2v) is 5.90. The van der Waals surface area contributed by atoms with Gasteiger partial charge in [0.05, 0.1) is 21.3 Å². The summed E-state index contributed by atoms with van der Waals surface area (Å²) in [6.07, 6.45) is 3.55. The lowest BCUT2D eigenvalue weighted by atomic mass is 10.1. The molecule has 6 heteroatoms. The average Bonchev–Trinajstić information content (AvgIpc) is 2.58. The number of hydrogen-bond acceptors (Lipinski definition) is 3. The number of halogens is 2. The minimum Gasteiger partial charge on any atom is -0.504 e. The Bertz CT molecular complexity index is 966. The van der Waals surface area contributed by atoms with Crippen LogP contribution in [-0.4, -0.2) is 21.2 Å². The molecule has 3 rings (SSSR count). The minimum atomic E-state index is -0.967. The first-order chi connectivity index (χ1) is 11.5. The van der Waals surface area contributed by atoms with E-state index < -0.39 is 5.97 Å². The average molecular weight is 360 g/mol. The molecule has 0 spiro atoms. The van der Waals surface area contributed by atoms with Gasteiger partial charge >= 0.3 is 5.97 Å². The van der Waals surface area contributed by atoms with Gasteiger partial charge in [-0.05, 0) is 42.0 Å². The molecule has 0 fully saturated rings. The van der Waals surface area contributed by atoms with Gasteiger partial charge in [-0.1, -0.05) is 41.4 Å². The largest absolute Gasteiger partial charge is 0.504 e. The number of benzene rings is 2. The van der Waals surface area contributed by atoms with E-state index in [-0.39, 0.29) is 16.3 Å². The quantitative estimate of drug-likeness (QED) is 0.681. The van der Waals surface area contributed by atoms with E-state index in [1.165, 1.54) is 18.2 Å². The number of phenols is 1. The topological polar surface area (TPSA) is 70.4 Å². The van der Waals surface area contributed by atoms with E-state index in [0.717, 1.165) is 5.56 Å². The number of carboxylic acid groups (broad SMARTS) is 1. The van der Waals surface area contributed by atoms with Crippen molar-refractivity contribution in [3.8, 4) is 5.75 Å². The van der Waals surface area contributed by atoms with Crippen molar-refractivity contribution in [2.24, 2.45) is 0 Å². The third kappa shape index (κ3) is 3.20. The molecule has 0 saturated heterocycles. The van der Waals surface area contributed by atoms with Crippen LogP contribution in [0.3, 0.4) is 0 Å². The van der Waals surface area contributed by atoms with Crippen molar-refractivity contribution in [3.05, 3.63) is 69.3 Å². The Hall–Kier alpha value is -2.56. The van der Waals surface area contributed by atoms with Crippen LogP contribution in [0.5, 0.6) is 5.75 Å². The van der Waals surface area contributed by atoms with Crippen LogP contribution in [0.25, 0.3) is 23.1 Å². The maximum atomic E-state index is 10.8. The Balaban J connectivity index is 1.95. The number of pyridine rings is 1. The van der Waals surface area contributed by atoms with Gasteiger partial charge in [-0.2, -0.15) is 0 Å². The van der Waals surface area contributed by atoms with Crippen LogP contribution in [0.4, 0.5) is 0 Å². The van der Waals surface area contributed by atoms with E-state index >= 15 is 0 Å². The number of nitrogens with zero attached hydrogens (tertiary/aromatic N) is 1. The number of carbonyl (C=O) groups is 1. The zero-order valence-corrected chi connectivity index (χ0v) is 13.7. The number of aromatic hydroxyl groups is 1. The summed E-state index contributed by atoms with van der Waals surface area (Å²) in [5, 5.41) is 20.1. The van der Waals surface area contributed by atoms with Crippen LogP contribution in [0.1, 0.15) is 21.6 Å². The van der Waals surface area contributed by atoms with Crippen molar-refractivity contribution < 1.29 is 15.0 Å². The smallest absolute Gasteiger partial charge is 0.335 e. The van der Waals surface area contributed by atoms with Gasteiger partial charge in [0.2, 0.25) is 0 Å². The van der Waals surface area contributed by atoms with Crippen LogP contribution < -0.4 is 0 Å². The van der Waals surface area contributed by atoms with E-state index in [0.29, 0.717) is 21.6 Å². The predicted octanol–water partition coefficient (Wildman–Crippen LogP) is 5.12. The lowest BCUT2D eigenvalue weighted by Gasteiger charge is -2.05. The zero-order chi connectivity index (χ0) is 17.3. The fourth-order valence-corrected chi connectivity index (χ4v) is 2.75. The lowest BCUT2D eigenvalue weighted by Crippen LogP contribution is -1.94. The summed E-state index contributed by atoms with van der Waals surface area (Å²) in [5.74, 6) is -1.08. The van der Waals surface area contributed by atoms with Crippen molar-refractivity contribution in [1.29, 1.82) is 0 Å². The van der Waals surface area contributed by atoms with Crippen LogP contribution in [0, 0.1) is 0 Å².